The number of hydrogen-bond donors (Lipinski definition) is 2. The van der Waals surface area contributed by atoms with Crippen molar-refractivity contribution in [3.05, 3.63) is 47.5 Å². The molecule has 0 aliphatic rings. The molecule has 0 aliphatic carbocycles. The Balaban J connectivity index is 2.48. The summed E-state index contributed by atoms with van der Waals surface area (Å²) in [5, 5.41) is 13.2. The Hall–Kier alpha value is -1.12. The van der Waals surface area contributed by atoms with E-state index < -0.39 is 6.10 Å². The molecule has 100 valence electrons. The molecular weight excluding hydrogens is 222 g/mol. The predicted molar refractivity (Wildman–Crippen MR) is 77.6 cm³/mol. The standard InChI is InChI=1S/C16H25NO/c1-12(2)9-14-5-7-15(8-6-14)16(18)11-17-10-13(3)4/h5-8,12,16-18H,3,9-11H2,1-2,4H3. The normalized spacial score (nSPS) is 12.7. The Kier molecular flexibility index (Phi) is 6.10. The van der Waals surface area contributed by atoms with Gasteiger partial charge in [-0.25, -0.2) is 0 Å². The maximum absolute atomic E-state index is 10.0. The van der Waals surface area contributed by atoms with Gasteiger partial charge in [-0.2, -0.15) is 0 Å². The summed E-state index contributed by atoms with van der Waals surface area (Å²) in [7, 11) is 0. The molecule has 0 radical (unpaired) electrons. The van der Waals surface area contributed by atoms with Gasteiger partial charge in [0.2, 0.25) is 0 Å². The molecule has 2 nitrogen and oxygen atoms in total. The van der Waals surface area contributed by atoms with Crippen LogP contribution in [0, 0.1) is 5.92 Å². The van der Waals surface area contributed by atoms with Gasteiger partial charge >= 0.3 is 0 Å². The Morgan fingerprint density at radius 2 is 1.89 bits per heavy atom. The highest BCUT2D eigenvalue weighted by molar-refractivity contribution is 5.24. The third kappa shape index (κ3) is 5.48. The first-order valence-corrected chi connectivity index (χ1v) is 6.61. The minimum atomic E-state index is -0.447. The van der Waals surface area contributed by atoms with Gasteiger partial charge in [0, 0.05) is 13.1 Å². The monoisotopic (exact) mass is 247 g/mol. The van der Waals surface area contributed by atoms with Crippen LogP contribution in [0.4, 0.5) is 0 Å². The molecule has 0 bridgehead atoms. The first-order valence-electron chi connectivity index (χ1n) is 6.61. The number of aliphatic hydroxyl groups excluding tert-OH is 1. The molecule has 1 aromatic carbocycles. The van der Waals surface area contributed by atoms with E-state index in [1.165, 1.54) is 5.56 Å². The molecule has 2 heteroatoms. The van der Waals surface area contributed by atoms with Gasteiger partial charge in [-0.15, -0.1) is 0 Å². The molecule has 1 rings (SSSR count). The van der Waals surface area contributed by atoms with Crippen LogP contribution in [0.3, 0.4) is 0 Å². The fourth-order valence-corrected chi connectivity index (χ4v) is 1.89. The maximum atomic E-state index is 10.0. The lowest BCUT2D eigenvalue weighted by Gasteiger charge is -2.13. The Morgan fingerprint density at radius 1 is 1.28 bits per heavy atom. The van der Waals surface area contributed by atoms with Crippen LogP contribution < -0.4 is 5.32 Å². The summed E-state index contributed by atoms with van der Waals surface area (Å²) in [6.45, 7) is 11.5. The fourth-order valence-electron chi connectivity index (χ4n) is 1.89. The van der Waals surface area contributed by atoms with Crippen molar-refractivity contribution < 1.29 is 5.11 Å². The molecule has 0 aromatic heterocycles. The number of nitrogens with one attached hydrogen (secondary N) is 1. The van der Waals surface area contributed by atoms with Gasteiger partial charge in [0.25, 0.3) is 0 Å². The summed E-state index contributed by atoms with van der Waals surface area (Å²) in [5.74, 6) is 0.665. The number of aliphatic hydroxyl groups is 1. The van der Waals surface area contributed by atoms with Gasteiger partial charge in [-0.1, -0.05) is 50.3 Å². The summed E-state index contributed by atoms with van der Waals surface area (Å²) in [5.41, 5.74) is 3.38. The molecule has 0 fully saturated rings. The minimum absolute atomic E-state index is 0.447. The molecule has 1 atom stereocenters. The summed E-state index contributed by atoms with van der Waals surface area (Å²) < 4.78 is 0. The predicted octanol–water partition coefficient (Wildman–Crippen LogP) is 3.08. The molecule has 2 N–H and O–H groups in total. The summed E-state index contributed by atoms with van der Waals surface area (Å²) in [4.78, 5) is 0. The van der Waals surface area contributed by atoms with E-state index >= 15 is 0 Å². The molecule has 0 saturated carbocycles. The Morgan fingerprint density at radius 3 is 2.39 bits per heavy atom. The van der Waals surface area contributed by atoms with Crippen LogP contribution in [0.2, 0.25) is 0 Å². The van der Waals surface area contributed by atoms with E-state index in [2.05, 4.69) is 37.9 Å². The molecule has 0 spiro atoms. The van der Waals surface area contributed by atoms with E-state index in [1.807, 2.05) is 19.1 Å². The smallest absolute Gasteiger partial charge is 0.0914 e. The van der Waals surface area contributed by atoms with E-state index in [0.717, 1.165) is 24.1 Å². The van der Waals surface area contributed by atoms with E-state index in [-0.39, 0.29) is 0 Å². The van der Waals surface area contributed by atoms with Crippen molar-refractivity contribution in [2.75, 3.05) is 13.1 Å². The van der Waals surface area contributed by atoms with E-state index in [1.54, 1.807) is 0 Å². The lowest BCUT2D eigenvalue weighted by Crippen LogP contribution is -2.22. The molecule has 0 heterocycles. The fraction of sp³-hybridized carbons (Fsp3) is 0.500. The first-order chi connectivity index (χ1) is 8.49. The van der Waals surface area contributed by atoms with Crippen molar-refractivity contribution in [2.45, 2.75) is 33.3 Å². The molecule has 1 unspecified atom stereocenters. The summed E-state index contributed by atoms with van der Waals surface area (Å²) >= 11 is 0. The van der Waals surface area contributed by atoms with Crippen LogP contribution in [0.25, 0.3) is 0 Å². The lowest BCUT2D eigenvalue weighted by atomic mass is 10.0. The number of rotatable bonds is 7. The first kappa shape index (κ1) is 14.9. The van der Waals surface area contributed by atoms with Crippen LogP contribution in [0.1, 0.15) is 38.0 Å². The SMILES string of the molecule is C=C(C)CNCC(O)c1ccc(CC(C)C)cc1. The van der Waals surface area contributed by atoms with Gasteiger partial charge < -0.3 is 10.4 Å². The molecule has 1 aromatic rings. The van der Waals surface area contributed by atoms with Crippen molar-refractivity contribution in [1.29, 1.82) is 0 Å². The zero-order chi connectivity index (χ0) is 13.5. The second kappa shape index (κ2) is 7.34. The van der Waals surface area contributed by atoms with Crippen LogP contribution in [-0.2, 0) is 6.42 Å². The highest BCUT2D eigenvalue weighted by Crippen LogP contribution is 2.15. The van der Waals surface area contributed by atoms with Crippen LogP contribution in [0.5, 0.6) is 0 Å². The zero-order valence-electron chi connectivity index (χ0n) is 11.7. The molecular formula is C16H25NO. The second-order valence-electron chi connectivity index (χ2n) is 5.44. The van der Waals surface area contributed by atoms with Gasteiger partial charge in [0.1, 0.15) is 0 Å². The van der Waals surface area contributed by atoms with Gasteiger partial charge in [-0.05, 0) is 30.4 Å². The molecule has 0 amide bonds. The minimum Gasteiger partial charge on any atom is -0.387 e. The zero-order valence-corrected chi connectivity index (χ0v) is 11.7. The van der Waals surface area contributed by atoms with Gasteiger partial charge in [0.15, 0.2) is 0 Å². The Bertz CT molecular complexity index is 367. The Labute approximate surface area is 111 Å². The maximum Gasteiger partial charge on any atom is 0.0914 e. The van der Waals surface area contributed by atoms with E-state index in [9.17, 15) is 5.11 Å². The molecule has 0 aliphatic heterocycles. The number of hydrogen-bond acceptors (Lipinski definition) is 2. The average molecular weight is 247 g/mol. The van der Waals surface area contributed by atoms with Crippen LogP contribution in [-0.4, -0.2) is 18.2 Å². The van der Waals surface area contributed by atoms with Gasteiger partial charge in [0.05, 0.1) is 6.10 Å². The van der Waals surface area contributed by atoms with E-state index in [0.29, 0.717) is 12.5 Å². The van der Waals surface area contributed by atoms with Crippen molar-refractivity contribution in [2.24, 2.45) is 5.92 Å². The van der Waals surface area contributed by atoms with Crippen LogP contribution in [0.15, 0.2) is 36.4 Å². The highest BCUT2D eigenvalue weighted by atomic mass is 16.3. The third-order valence-electron chi connectivity index (χ3n) is 2.77. The number of benzene rings is 1. The topological polar surface area (TPSA) is 32.3 Å². The molecule has 18 heavy (non-hydrogen) atoms. The third-order valence-corrected chi connectivity index (χ3v) is 2.77. The lowest BCUT2D eigenvalue weighted by molar-refractivity contribution is 0.176. The van der Waals surface area contributed by atoms with Crippen molar-refractivity contribution in [1.82, 2.24) is 5.32 Å². The summed E-state index contributed by atoms with van der Waals surface area (Å²) in [6.07, 6.45) is 0.641. The van der Waals surface area contributed by atoms with E-state index in [4.69, 9.17) is 0 Å². The van der Waals surface area contributed by atoms with Crippen LogP contribution >= 0.6 is 0 Å². The van der Waals surface area contributed by atoms with Gasteiger partial charge in [-0.3, -0.25) is 0 Å². The average Bonchev–Trinajstić information content (AvgIpc) is 2.28. The summed E-state index contributed by atoms with van der Waals surface area (Å²) in [6, 6.07) is 8.25. The highest BCUT2D eigenvalue weighted by Gasteiger charge is 2.07. The van der Waals surface area contributed by atoms with Crippen molar-refractivity contribution >= 4 is 0 Å². The van der Waals surface area contributed by atoms with Crippen molar-refractivity contribution in [3.63, 3.8) is 0 Å². The van der Waals surface area contributed by atoms with Crippen molar-refractivity contribution in [3.8, 4) is 0 Å². The quantitative estimate of drug-likeness (QED) is 0.726. The largest absolute Gasteiger partial charge is 0.387 e. The molecule has 0 saturated heterocycles. The second-order valence-corrected chi connectivity index (χ2v) is 5.44.